The Balaban J connectivity index is 1.68. The predicted octanol–water partition coefficient (Wildman–Crippen LogP) is 4.22. The minimum absolute atomic E-state index is 0.224. The van der Waals surface area contributed by atoms with Gasteiger partial charge in [0, 0.05) is 36.7 Å². The van der Waals surface area contributed by atoms with Gasteiger partial charge in [-0.25, -0.2) is 0 Å². The van der Waals surface area contributed by atoms with E-state index in [-0.39, 0.29) is 5.91 Å². The van der Waals surface area contributed by atoms with Crippen LogP contribution in [0, 0.1) is 6.92 Å². The van der Waals surface area contributed by atoms with E-state index in [0.717, 1.165) is 24.5 Å². The number of carbonyl (C=O) groups is 1. The molecule has 0 aliphatic rings. The summed E-state index contributed by atoms with van der Waals surface area (Å²) in [7, 11) is 0. The van der Waals surface area contributed by atoms with Gasteiger partial charge in [-0.1, -0.05) is 5.16 Å². The molecule has 0 spiro atoms. The van der Waals surface area contributed by atoms with Crippen molar-refractivity contribution in [3.05, 3.63) is 60.1 Å². The van der Waals surface area contributed by atoms with Crippen molar-refractivity contribution in [2.75, 3.05) is 28.6 Å². The van der Waals surface area contributed by atoms with Gasteiger partial charge in [-0.2, -0.15) is 0 Å². The number of aryl methyl sites for hydroxylation is 1. The van der Waals surface area contributed by atoms with Gasteiger partial charge in [0.1, 0.15) is 5.76 Å². The molecule has 0 saturated carbocycles. The van der Waals surface area contributed by atoms with E-state index in [1.807, 2.05) is 31.2 Å². The SMILES string of the molecule is CCN(CC)c1ccc(NC(=O)c2cncc(Nc3cc(C)on3)c2)cc1. The highest BCUT2D eigenvalue weighted by molar-refractivity contribution is 6.04. The van der Waals surface area contributed by atoms with Crippen LogP contribution in [0.2, 0.25) is 0 Å². The fraction of sp³-hybridized carbons (Fsp3) is 0.250. The van der Waals surface area contributed by atoms with Gasteiger partial charge in [0.15, 0.2) is 5.82 Å². The Kier molecular flexibility index (Phi) is 5.71. The fourth-order valence-electron chi connectivity index (χ4n) is 2.75. The molecule has 2 heterocycles. The molecule has 2 N–H and O–H groups in total. The lowest BCUT2D eigenvalue weighted by Gasteiger charge is -2.21. The van der Waals surface area contributed by atoms with Gasteiger partial charge in [0.25, 0.3) is 5.91 Å². The van der Waals surface area contributed by atoms with Crippen molar-refractivity contribution in [2.24, 2.45) is 0 Å². The molecule has 0 aliphatic carbocycles. The molecule has 3 aromatic rings. The minimum atomic E-state index is -0.224. The lowest BCUT2D eigenvalue weighted by Crippen LogP contribution is -2.21. The molecule has 0 aliphatic heterocycles. The number of aromatic nitrogens is 2. The highest BCUT2D eigenvalue weighted by atomic mass is 16.5. The summed E-state index contributed by atoms with van der Waals surface area (Å²) < 4.78 is 5.02. The number of benzene rings is 1. The average Bonchev–Trinajstić information content (AvgIpc) is 3.09. The van der Waals surface area contributed by atoms with Crippen molar-refractivity contribution < 1.29 is 9.32 Å². The van der Waals surface area contributed by atoms with Gasteiger partial charge >= 0.3 is 0 Å². The van der Waals surface area contributed by atoms with Crippen molar-refractivity contribution in [2.45, 2.75) is 20.8 Å². The summed E-state index contributed by atoms with van der Waals surface area (Å²) in [6.07, 6.45) is 3.15. The van der Waals surface area contributed by atoms with Crippen molar-refractivity contribution in [3.8, 4) is 0 Å². The van der Waals surface area contributed by atoms with Gasteiger partial charge in [0.05, 0.1) is 17.4 Å². The summed E-state index contributed by atoms with van der Waals surface area (Å²) in [5, 5.41) is 9.83. The number of anilines is 4. The zero-order valence-corrected chi connectivity index (χ0v) is 15.7. The first-order valence-corrected chi connectivity index (χ1v) is 8.90. The number of rotatable bonds is 7. The average molecular weight is 365 g/mol. The molecule has 0 saturated heterocycles. The van der Waals surface area contributed by atoms with Crippen LogP contribution in [0.4, 0.5) is 22.9 Å². The maximum atomic E-state index is 12.5. The van der Waals surface area contributed by atoms with E-state index < -0.39 is 0 Å². The minimum Gasteiger partial charge on any atom is -0.372 e. The number of carbonyl (C=O) groups excluding carboxylic acids is 1. The van der Waals surface area contributed by atoms with Gasteiger partial charge in [0.2, 0.25) is 0 Å². The molecule has 2 aromatic heterocycles. The van der Waals surface area contributed by atoms with Gasteiger partial charge in [-0.05, 0) is 51.1 Å². The molecule has 140 valence electrons. The zero-order chi connectivity index (χ0) is 19.2. The van der Waals surface area contributed by atoms with Crippen LogP contribution in [0.25, 0.3) is 0 Å². The summed E-state index contributed by atoms with van der Waals surface area (Å²) in [6, 6.07) is 11.3. The Morgan fingerprint density at radius 3 is 2.44 bits per heavy atom. The normalized spacial score (nSPS) is 10.5. The first-order chi connectivity index (χ1) is 13.1. The Bertz CT molecular complexity index is 901. The van der Waals surface area contributed by atoms with Crippen LogP contribution in [0.3, 0.4) is 0 Å². The summed E-state index contributed by atoms with van der Waals surface area (Å²) in [4.78, 5) is 18.9. The van der Waals surface area contributed by atoms with E-state index in [4.69, 9.17) is 4.52 Å². The van der Waals surface area contributed by atoms with Gasteiger partial charge < -0.3 is 20.1 Å². The first-order valence-electron chi connectivity index (χ1n) is 8.90. The highest BCUT2D eigenvalue weighted by Crippen LogP contribution is 2.20. The van der Waals surface area contributed by atoms with E-state index in [1.54, 1.807) is 18.3 Å². The van der Waals surface area contributed by atoms with Crippen LogP contribution in [0.1, 0.15) is 30.0 Å². The van der Waals surface area contributed by atoms with Crippen molar-refractivity contribution in [1.82, 2.24) is 10.1 Å². The summed E-state index contributed by atoms with van der Waals surface area (Å²) in [6.45, 7) is 7.93. The van der Waals surface area contributed by atoms with E-state index in [0.29, 0.717) is 22.8 Å². The molecule has 0 unspecified atom stereocenters. The third-order valence-electron chi connectivity index (χ3n) is 4.15. The third-order valence-corrected chi connectivity index (χ3v) is 4.15. The molecule has 1 aromatic carbocycles. The summed E-state index contributed by atoms with van der Waals surface area (Å²) in [5.74, 6) is 1.05. The first kappa shape index (κ1) is 18.4. The number of hydrogen-bond acceptors (Lipinski definition) is 6. The van der Waals surface area contributed by atoms with Crippen LogP contribution in [-0.4, -0.2) is 29.1 Å². The Morgan fingerprint density at radius 2 is 1.81 bits per heavy atom. The van der Waals surface area contributed by atoms with Gasteiger partial charge in [-0.15, -0.1) is 0 Å². The molecule has 27 heavy (non-hydrogen) atoms. The van der Waals surface area contributed by atoms with Crippen LogP contribution in [0.5, 0.6) is 0 Å². The molecule has 0 fully saturated rings. The zero-order valence-electron chi connectivity index (χ0n) is 15.7. The van der Waals surface area contributed by atoms with Crippen molar-refractivity contribution in [1.29, 1.82) is 0 Å². The largest absolute Gasteiger partial charge is 0.372 e. The highest BCUT2D eigenvalue weighted by Gasteiger charge is 2.09. The van der Waals surface area contributed by atoms with Gasteiger partial charge in [-0.3, -0.25) is 9.78 Å². The Hall–Kier alpha value is -3.35. The number of pyridine rings is 1. The number of amides is 1. The Labute approximate surface area is 158 Å². The maximum Gasteiger partial charge on any atom is 0.257 e. The monoisotopic (exact) mass is 365 g/mol. The second-order valence-corrected chi connectivity index (χ2v) is 6.08. The summed E-state index contributed by atoms with van der Waals surface area (Å²) in [5.41, 5.74) is 2.98. The predicted molar refractivity (Wildman–Crippen MR) is 107 cm³/mol. The quantitative estimate of drug-likeness (QED) is 0.652. The topological polar surface area (TPSA) is 83.3 Å². The number of nitrogens with one attached hydrogen (secondary N) is 2. The molecule has 0 atom stereocenters. The van der Waals surface area contributed by atoms with Crippen LogP contribution in [-0.2, 0) is 0 Å². The lowest BCUT2D eigenvalue weighted by molar-refractivity contribution is 0.102. The second kappa shape index (κ2) is 8.35. The molecule has 7 nitrogen and oxygen atoms in total. The number of nitrogens with zero attached hydrogens (tertiary/aromatic N) is 3. The van der Waals surface area contributed by atoms with Crippen molar-refractivity contribution >= 4 is 28.8 Å². The molecule has 0 bridgehead atoms. The summed E-state index contributed by atoms with van der Waals surface area (Å²) >= 11 is 0. The van der Waals surface area contributed by atoms with Crippen LogP contribution >= 0.6 is 0 Å². The molecular formula is C20H23N5O2. The molecule has 3 rings (SSSR count). The van der Waals surface area contributed by atoms with E-state index in [1.165, 1.54) is 6.20 Å². The van der Waals surface area contributed by atoms with Crippen LogP contribution < -0.4 is 15.5 Å². The standard InChI is InChI=1S/C20H23N5O2/c1-4-25(5-2)18-8-6-16(7-9-18)23-20(26)15-11-17(13-21-12-15)22-19-10-14(3)27-24-19/h6-13H,4-5H2,1-3H3,(H,22,24)(H,23,26). The van der Waals surface area contributed by atoms with Crippen molar-refractivity contribution in [3.63, 3.8) is 0 Å². The lowest BCUT2D eigenvalue weighted by atomic mass is 10.2. The Morgan fingerprint density at radius 1 is 1.07 bits per heavy atom. The van der Waals surface area contributed by atoms with E-state index in [9.17, 15) is 4.79 Å². The molecule has 1 amide bonds. The smallest absolute Gasteiger partial charge is 0.257 e. The fourth-order valence-corrected chi connectivity index (χ4v) is 2.75. The van der Waals surface area contributed by atoms with Crippen LogP contribution in [0.15, 0.2) is 53.3 Å². The molecule has 0 radical (unpaired) electrons. The van der Waals surface area contributed by atoms with E-state index >= 15 is 0 Å². The van der Waals surface area contributed by atoms with E-state index in [2.05, 4.69) is 39.5 Å². The molecule has 7 heteroatoms. The molecular weight excluding hydrogens is 342 g/mol. The number of hydrogen-bond donors (Lipinski definition) is 2. The maximum absolute atomic E-state index is 12.5. The second-order valence-electron chi connectivity index (χ2n) is 6.08. The third kappa shape index (κ3) is 4.63.